The van der Waals surface area contributed by atoms with Crippen LogP contribution in [-0.4, -0.2) is 40.1 Å². The Hall–Kier alpha value is -2.67. The summed E-state index contributed by atoms with van der Waals surface area (Å²) in [7, 11) is 3.46. The Morgan fingerprint density at radius 3 is 2.58 bits per heavy atom. The molecule has 6 nitrogen and oxygen atoms in total. The topological polar surface area (TPSA) is 72.1 Å². The summed E-state index contributed by atoms with van der Waals surface area (Å²) in [5.41, 5.74) is 1.63. The maximum Gasteiger partial charge on any atom is 0.277 e. The molecule has 1 atom stereocenters. The Labute approximate surface area is 143 Å². The fraction of sp³-hybridized carbons (Fsp3) is 0.176. The lowest BCUT2D eigenvalue weighted by Crippen LogP contribution is -2.26. The number of aromatic nitrogens is 3. The summed E-state index contributed by atoms with van der Waals surface area (Å²) in [5, 5.41) is 7.99. The van der Waals surface area contributed by atoms with Gasteiger partial charge in [0.25, 0.3) is 5.22 Å². The molecule has 0 N–H and O–H groups in total. The zero-order chi connectivity index (χ0) is 16.9. The zero-order valence-corrected chi connectivity index (χ0v) is 14.1. The van der Waals surface area contributed by atoms with Crippen molar-refractivity contribution in [2.45, 2.75) is 10.5 Å². The minimum Gasteiger partial charge on any atom is -0.411 e. The smallest absolute Gasteiger partial charge is 0.277 e. The van der Waals surface area contributed by atoms with E-state index in [4.69, 9.17) is 4.42 Å². The van der Waals surface area contributed by atoms with E-state index in [2.05, 4.69) is 15.2 Å². The van der Waals surface area contributed by atoms with Crippen LogP contribution in [0.1, 0.15) is 10.8 Å². The van der Waals surface area contributed by atoms with Crippen LogP contribution in [0.15, 0.2) is 64.5 Å². The Balaban J connectivity index is 1.86. The van der Waals surface area contributed by atoms with Gasteiger partial charge in [-0.3, -0.25) is 9.78 Å². The number of carbonyl (C=O) groups is 1. The van der Waals surface area contributed by atoms with Crippen LogP contribution >= 0.6 is 11.8 Å². The van der Waals surface area contributed by atoms with E-state index < -0.39 is 5.25 Å². The van der Waals surface area contributed by atoms with E-state index in [9.17, 15) is 4.79 Å². The van der Waals surface area contributed by atoms with Crippen LogP contribution in [0.3, 0.4) is 0 Å². The molecule has 0 saturated heterocycles. The maximum absolute atomic E-state index is 12.5. The van der Waals surface area contributed by atoms with Gasteiger partial charge < -0.3 is 9.32 Å². The van der Waals surface area contributed by atoms with Crippen molar-refractivity contribution < 1.29 is 9.21 Å². The third kappa shape index (κ3) is 3.62. The van der Waals surface area contributed by atoms with Crippen molar-refractivity contribution in [3.05, 3.63) is 60.4 Å². The molecule has 122 valence electrons. The van der Waals surface area contributed by atoms with E-state index >= 15 is 0 Å². The summed E-state index contributed by atoms with van der Waals surface area (Å²) in [4.78, 5) is 18.1. The minimum absolute atomic E-state index is 0.0349. The number of hydrogen-bond donors (Lipinski definition) is 0. The third-order valence-corrected chi connectivity index (χ3v) is 4.38. The Morgan fingerprint density at radius 2 is 1.92 bits per heavy atom. The molecule has 0 aliphatic carbocycles. The van der Waals surface area contributed by atoms with Crippen LogP contribution in [0.25, 0.3) is 11.5 Å². The first kappa shape index (κ1) is 16.2. The summed E-state index contributed by atoms with van der Waals surface area (Å²) < 4.78 is 5.68. The van der Waals surface area contributed by atoms with Crippen LogP contribution in [0.4, 0.5) is 0 Å². The van der Waals surface area contributed by atoms with Crippen LogP contribution < -0.4 is 0 Å². The highest BCUT2D eigenvalue weighted by Gasteiger charge is 2.26. The molecule has 0 unspecified atom stereocenters. The van der Waals surface area contributed by atoms with Gasteiger partial charge in [0.1, 0.15) is 5.25 Å². The number of benzene rings is 1. The molecule has 1 aromatic carbocycles. The molecule has 0 aliphatic heterocycles. The molecule has 7 heteroatoms. The lowest BCUT2D eigenvalue weighted by atomic mass is 10.1. The van der Waals surface area contributed by atoms with E-state index in [0.717, 1.165) is 11.1 Å². The third-order valence-electron chi connectivity index (χ3n) is 3.30. The molecule has 0 radical (unpaired) electrons. The van der Waals surface area contributed by atoms with E-state index in [1.165, 1.54) is 11.8 Å². The fourth-order valence-corrected chi connectivity index (χ4v) is 3.11. The molecule has 1 amide bonds. The highest BCUT2D eigenvalue weighted by molar-refractivity contribution is 8.00. The second kappa shape index (κ2) is 7.27. The fourth-order valence-electron chi connectivity index (χ4n) is 2.09. The van der Waals surface area contributed by atoms with Gasteiger partial charge in [-0.25, -0.2) is 0 Å². The first-order valence-electron chi connectivity index (χ1n) is 7.32. The number of rotatable bonds is 5. The molecule has 0 bridgehead atoms. The predicted molar refractivity (Wildman–Crippen MR) is 91.3 cm³/mol. The summed E-state index contributed by atoms with van der Waals surface area (Å²) in [5.74, 6) is 0.349. The molecule has 0 saturated carbocycles. The van der Waals surface area contributed by atoms with E-state index in [0.29, 0.717) is 11.1 Å². The monoisotopic (exact) mass is 340 g/mol. The SMILES string of the molecule is CN(C)C(=O)[C@H](Sc1nnc(-c2cccnc2)o1)c1ccccc1. The van der Waals surface area contributed by atoms with Crippen molar-refractivity contribution in [3.63, 3.8) is 0 Å². The molecule has 24 heavy (non-hydrogen) atoms. The standard InChI is InChI=1S/C17H16N4O2S/c1-21(2)16(22)14(12-7-4-3-5-8-12)24-17-20-19-15(23-17)13-9-6-10-18-11-13/h3-11,14H,1-2H3/t14-/m1/s1. The van der Waals surface area contributed by atoms with Crippen LogP contribution in [0.5, 0.6) is 0 Å². The van der Waals surface area contributed by atoms with Crippen LogP contribution in [0.2, 0.25) is 0 Å². The molecule has 3 aromatic rings. The lowest BCUT2D eigenvalue weighted by Gasteiger charge is -2.18. The van der Waals surface area contributed by atoms with Gasteiger partial charge in [0.2, 0.25) is 11.8 Å². The zero-order valence-electron chi connectivity index (χ0n) is 13.3. The number of hydrogen-bond acceptors (Lipinski definition) is 6. The van der Waals surface area contributed by atoms with Crippen molar-refractivity contribution in [1.82, 2.24) is 20.1 Å². The highest BCUT2D eigenvalue weighted by atomic mass is 32.2. The van der Waals surface area contributed by atoms with Gasteiger partial charge in [-0.2, -0.15) is 0 Å². The molecule has 2 aromatic heterocycles. The number of nitrogens with zero attached hydrogens (tertiary/aromatic N) is 4. The number of carbonyl (C=O) groups excluding carboxylic acids is 1. The van der Waals surface area contributed by atoms with Crippen LogP contribution in [0, 0.1) is 0 Å². The van der Waals surface area contributed by atoms with E-state index in [1.54, 1.807) is 37.5 Å². The van der Waals surface area contributed by atoms with Gasteiger partial charge in [0.15, 0.2) is 0 Å². The molecule has 2 heterocycles. The maximum atomic E-state index is 12.5. The number of thioether (sulfide) groups is 1. The molecule has 0 spiro atoms. The Bertz CT molecular complexity index is 806. The second-order valence-electron chi connectivity index (χ2n) is 5.26. The lowest BCUT2D eigenvalue weighted by molar-refractivity contribution is -0.128. The first-order valence-corrected chi connectivity index (χ1v) is 8.20. The molecule has 0 fully saturated rings. The van der Waals surface area contributed by atoms with Crippen molar-refractivity contribution >= 4 is 17.7 Å². The van der Waals surface area contributed by atoms with Crippen molar-refractivity contribution in [2.75, 3.05) is 14.1 Å². The Kier molecular flexibility index (Phi) is 4.90. The molecular formula is C17H16N4O2S. The quantitative estimate of drug-likeness (QED) is 0.665. The largest absolute Gasteiger partial charge is 0.411 e. The number of likely N-dealkylation sites (N-methyl/N-ethyl adjacent to an activating group) is 1. The molecule has 3 rings (SSSR count). The Morgan fingerprint density at radius 1 is 1.12 bits per heavy atom. The minimum atomic E-state index is -0.441. The molecular weight excluding hydrogens is 324 g/mol. The van der Waals surface area contributed by atoms with Gasteiger partial charge in [-0.05, 0) is 29.5 Å². The summed E-state index contributed by atoms with van der Waals surface area (Å²) in [6.07, 6.45) is 3.33. The van der Waals surface area contributed by atoms with E-state index in [1.807, 2.05) is 36.4 Å². The summed E-state index contributed by atoms with van der Waals surface area (Å²) in [6, 6.07) is 13.2. The van der Waals surface area contributed by atoms with Gasteiger partial charge in [-0.1, -0.05) is 30.3 Å². The van der Waals surface area contributed by atoms with Gasteiger partial charge in [0, 0.05) is 26.5 Å². The number of amides is 1. The van der Waals surface area contributed by atoms with Gasteiger partial charge in [0.05, 0.1) is 5.56 Å². The van der Waals surface area contributed by atoms with Gasteiger partial charge in [-0.15, -0.1) is 10.2 Å². The number of pyridine rings is 1. The normalized spacial score (nSPS) is 11.9. The summed E-state index contributed by atoms with van der Waals surface area (Å²) in [6.45, 7) is 0. The average molecular weight is 340 g/mol. The second-order valence-corrected chi connectivity index (χ2v) is 6.31. The van der Waals surface area contributed by atoms with Crippen molar-refractivity contribution in [3.8, 4) is 11.5 Å². The van der Waals surface area contributed by atoms with Crippen molar-refractivity contribution in [2.24, 2.45) is 0 Å². The summed E-state index contributed by atoms with van der Waals surface area (Å²) >= 11 is 1.24. The first-order chi connectivity index (χ1) is 11.6. The van der Waals surface area contributed by atoms with Gasteiger partial charge >= 0.3 is 0 Å². The van der Waals surface area contributed by atoms with Crippen molar-refractivity contribution in [1.29, 1.82) is 0 Å². The van der Waals surface area contributed by atoms with E-state index in [-0.39, 0.29) is 5.91 Å². The highest BCUT2D eigenvalue weighted by Crippen LogP contribution is 2.36. The van der Waals surface area contributed by atoms with Crippen LogP contribution in [-0.2, 0) is 4.79 Å². The predicted octanol–water partition coefficient (Wildman–Crippen LogP) is 3.05. The molecule has 0 aliphatic rings. The average Bonchev–Trinajstić information content (AvgIpc) is 3.09.